The third-order valence-corrected chi connectivity index (χ3v) is 7.14. The molecule has 182 valence electrons. The Morgan fingerprint density at radius 3 is 2.69 bits per heavy atom. The summed E-state index contributed by atoms with van der Waals surface area (Å²) < 4.78 is 36.0. The van der Waals surface area contributed by atoms with Gasteiger partial charge in [0, 0.05) is 37.7 Å². The van der Waals surface area contributed by atoms with Gasteiger partial charge in [0.2, 0.25) is 0 Å². The molecule has 0 spiro atoms. The molecule has 1 fully saturated rings. The zero-order valence-electron chi connectivity index (χ0n) is 19.4. The van der Waals surface area contributed by atoms with Crippen molar-refractivity contribution in [1.29, 1.82) is 0 Å². The van der Waals surface area contributed by atoms with Crippen molar-refractivity contribution in [1.82, 2.24) is 19.9 Å². The van der Waals surface area contributed by atoms with Gasteiger partial charge in [-0.15, -0.1) is 0 Å². The second-order valence-electron chi connectivity index (χ2n) is 8.62. The smallest absolute Gasteiger partial charge is 0.257 e. The van der Waals surface area contributed by atoms with Crippen molar-refractivity contribution >= 4 is 27.1 Å². The molecule has 0 radical (unpaired) electrons. The van der Waals surface area contributed by atoms with Crippen molar-refractivity contribution in [2.24, 2.45) is 0 Å². The lowest BCUT2D eigenvalue weighted by Crippen LogP contribution is -2.31. The van der Waals surface area contributed by atoms with Crippen LogP contribution in [0, 0.1) is 6.92 Å². The number of carbonyl (C=O) groups is 1. The van der Waals surface area contributed by atoms with Crippen LogP contribution in [0.25, 0.3) is 0 Å². The van der Waals surface area contributed by atoms with Gasteiger partial charge in [-0.05, 0) is 30.7 Å². The largest absolute Gasteiger partial charge is 0.490 e. The van der Waals surface area contributed by atoms with Crippen molar-refractivity contribution in [3.05, 3.63) is 60.3 Å². The molecular formula is C24H25N5O5S. The van der Waals surface area contributed by atoms with Crippen LogP contribution >= 0.6 is 0 Å². The minimum Gasteiger partial charge on any atom is -0.490 e. The first-order valence-corrected chi connectivity index (χ1v) is 13.1. The quantitative estimate of drug-likeness (QED) is 0.526. The number of benzene rings is 1. The van der Waals surface area contributed by atoms with Gasteiger partial charge >= 0.3 is 0 Å². The standard InChI is InChI=1S/C24H25N5O5S/c1-16-9-18(13-27-23(16)35(2,31)32)29-7-8-33-22-4-3-19(10-21(22)29)34-20-5-6-28(14-20)24(30)17-11-25-15-26-12-17/h3-4,9-13,15,20H,5-8,14H2,1-2H3. The van der Waals surface area contributed by atoms with E-state index in [2.05, 4.69) is 15.0 Å². The van der Waals surface area contributed by atoms with E-state index in [0.717, 1.165) is 17.6 Å². The number of nitrogens with zero attached hydrogens (tertiary/aromatic N) is 5. The summed E-state index contributed by atoms with van der Waals surface area (Å²) >= 11 is 0. The van der Waals surface area contributed by atoms with E-state index in [0.29, 0.717) is 55.3 Å². The summed E-state index contributed by atoms with van der Waals surface area (Å²) in [7, 11) is -3.40. The van der Waals surface area contributed by atoms with E-state index in [1.807, 2.05) is 29.2 Å². The number of likely N-dealkylation sites (tertiary alicyclic amines) is 1. The van der Waals surface area contributed by atoms with Crippen molar-refractivity contribution < 1.29 is 22.7 Å². The Labute approximate surface area is 203 Å². The molecule has 5 rings (SSSR count). The van der Waals surface area contributed by atoms with Gasteiger partial charge in [0.05, 0.1) is 36.2 Å². The Morgan fingerprint density at radius 1 is 1.14 bits per heavy atom. The maximum absolute atomic E-state index is 12.7. The SMILES string of the molecule is Cc1cc(N2CCOc3ccc(OC4CCN(C(=O)c5cncnc5)C4)cc32)cnc1S(C)(=O)=O. The summed E-state index contributed by atoms with van der Waals surface area (Å²) in [4.78, 5) is 28.5. The first kappa shape index (κ1) is 23.0. The van der Waals surface area contributed by atoms with E-state index in [9.17, 15) is 13.2 Å². The van der Waals surface area contributed by atoms with Crippen LogP contribution in [0.3, 0.4) is 0 Å². The van der Waals surface area contributed by atoms with E-state index >= 15 is 0 Å². The number of ether oxygens (including phenoxy) is 2. The number of carbonyl (C=O) groups excluding carboxylic acids is 1. The number of sulfone groups is 1. The molecule has 2 aliphatic rings. The molecule has 2 aliphatic heterocycles. The van der Waals surface area contributed by atoms with Crippen molar-refractivity contribution in [2.75, 3.05) is 37.4 Å². The average molecular weight is 496 g/mol. The molecule has 1 unspecified atom stereocenters. The Kier molecular flexibility index (Phi) is 6.01. The predicted octanol–water partition coefficient (Wildman–Crippen LogP) is 2.41. The summed E-state index contributed by atoms with van der Waals surface area (Å²) in [5, 5.41) is 0.0780. The summed E-state index contributed by atoms with van der Waals surface area (Å²) in [6.07, 6.45) is 7.72. The number of hydrogen-bond donors (Lipinski definition) is 0. The highest BCUT2D eigenvalue weighted by atomic mass is 32.2. The first-order valence-electron chi connectivity index (χ1n) is 11.2. The van der Waals surface area contributed by atoms with Crippen LogP contribution in [0.4, 0.5) is 11.4 Å². The van der Waals surface area contributed by atoms with Crippen LogP contribution in [0.5, 0.6) is 11.5 Å². The molecule has 10 nitrogen and oxygen atoms in total. The fourth-order valence-corrected chi connectivity index (χ4v) is 5.30. The van der Waals surface area contributed by atoms with Crippen molar-refractivity contribution in [3.63, 3.8) is 0 Å². The minimum atomic E-state index is -3.40. The number of aryl methyl sites for hydroxylation is 1. The molecule has 0 aliphatic carbocycles. The number of aromatic nitrogens is 3. The van der Waals surface area contributed by atoms with Gasteiger partial charge in [-0.2, -0.15) is 0 Å². The molecule has 0 N–H and O–H groups in total. The molecule has 1 amide bonds. The van der Waals surface area contributed by atoms with Crippen LogP contribution in [-0.4, -0.2) is 72.8 Å². The third-order valence-electron chi connectivity index (χ3n) is 6.01. The topological polar surface area (TPSA) is 115 Å². The maximum atomic E-state index is 12.7. The Morgan fingerprint density at radius 2 is 1.94 bits per heavy atom. The highest BCUT2D eigenvalue weighted by Gasteiger charge is 2.29. The molecule has 1 aromatic carbocycles. The Bertz CT molecular complexity index is 1370. The highest BCUT2D eigenvalue weighted by Crippen LogP contribution is 2.40. The van der Waals surface area contributed by atoms with Crippen LogP contribution in [0.1, 0.15) is 22.3 Å². The zero-order valence-corrected chi connectivity index (χ0v) is 20.2. The van der Waals surface area contributed by atoms with E-state index in [1.54, 1.807) is 18.0 Å². The summed E-state index contributed by atoms with van der Waals surface area (Å²) in [5.41, 5.74) is 2.64. The van der Waals surface area contributed by atoms with Gasteiger partial charge in [0.25, 0.3) is 5.91 Å². The lowest BCUT2D eigenvalue weighted by Gasteiger charge is -2.32. The number of fused-ring (bicyclic) bond motifs is 1. The van der Waals surface area contributed by atoms with E-state index in [1.165, 1.54) is 18.7 Å². The molecule has 1 atom stereocenters. The fraction of sp³-hybridized carbons (Fsp3) is 0.333. The molecule has 35 heavy (non-hydrogen) atoms. The Balaban J connectivity index is 1.33. The first-order chi connectivity index (χ1) is 16.8. The van der Waals surface area contributed by atoms with Gasteiger partial charge in [0.15, 0.2) is 14.9 Å². The van der Waals surface area contributed by atoms with E-state index in [4.69, 9.17) is 9.47 Å². The minimum absolute atomic E-state index is 0.0780. The summed E-state index contributed by atoms with van der Waals surface area (Å²) in [5.74, 6) is 1.27. The molecule has 11 heteroatoms. The summed E-state index contributed by atoms with van der Waals surface area (Å²) in [6, 6.07) is 7.44. The van der Waals surface area contributed by atoms with Crippen LogP contribution in [0.2, 0.25) is 0 Å². The molecule has 3 aromatic rings. The predicted molar refractivity (Wildman–Crippen MR) is 128 cm³/mol. The number of anilines is 2. The number of rotatable bonds is 5. The molecule has 0 bridgehead atoms. The Hall–Kier alpha value is -3.73. The number of pyridine rings is 1. The van der Waals surface area contributed by atoms with E-state index < -0.39 is 9.84 Å². The zero-order chi connectivity index (χ0) is 24.6. The molecular weight excluding hydrogens is 470 g/mol. The summed E-state index contributed by atoms with van der Waals surface area (Å²) in [6.45, 7) is 3.88. The second-order valence-corrected chi connectivity index (χ2v) is 10.6. The fourth-order valence-electron chi connectivity index (χ4n) is 4.42. The third kappa shape index (κ3) is 4.76. The van der Waals surface area contributed by atoms with Gasteiger partial charge in [-0.1, -0.05) is 0 Å². The van der Waals surface area contributed by atoms with Gasteiger partial charge in [-0.25, -0.2) is 23.4 Å². The van der Waals surface area contributed by atoms with Crippen LogP contribution in [-0.2, 0) is 9.84 Å². The molecule has 1 saturated heterocycles. The van der Waals surface area contributed by atoms with Gasteiger partial charge in [-0.3, -0.25) is 4.79 Å². The monoisotopic (exact) mass is 495 g/mol. The second kappa shape index (κ2) is 9.14. The average Bonchev–Trinajstić information content (AvgIpc) is 3.31. The van der Waals surface area contributed by atoms with E-state index in [-0.39, 0.29) is 17.0 Å². The molecule has 4 heterocycles. The molecule has 0 saturated carbocycles. The number of amides is 1. The number of hydrogen-bond acceptors (Lipinski definition) is 9. The lowest BCUT2D eigenvalue weighted by atomic mass is 10.2. The normalized spacial score (nSPS) is 17.6. The maximum Gasteiger partial charge on any atom is 0.257 e. The van der Waals surface area contributed by atoms with Gasteiger partial charge < -0.3 is 19.3 Å². The lowest BCUT2D eigenvalue weighted by molar-refractivity contribution is 0.0771. The molecule has 2 aromatic heterocycles. The van der Waals surface area contributed by atoms with Crippen LogP contribution in [0.15, 0.2) is 54.2 Å². The van der Waals surface area contributed by atoms with Crippen molar-refractivity contribution in [2.45, 2.75) is 24.5 Å². The van der Waals surface area contributed by atoms with Gasteiger partial charge in [0.1, 0.15) is 30.5 Å². The van der Waals surface area contributed by atoms with Crippen LogP contribution < -0.4 is 14.4 Å². The highest BCUT2D eigenvalue weighted by molar-refractivity contribution is 7.90. The van der Waals surface area contributed by atoms with Crippen molar-refractivity contribution in [3.8, 4) is 11.5 Å².